The van der Waals surface area contributed by atoms with Crippen molar-refractivity contribution < 1.29 is 38.1 Å². The van der Waals surface area contributed by atoms with Crippen molar-refractivity contribution in [3.63, 3.8) is 0 Å². The van der Waals surface area contributed by atoms with Crippen molar-refractivity contribution in [2.24, 2.45) is 0 Å². The van der Waals surface area contributed by atoms with Crippen molar-refractivity contribution in [3.05, 3.63) is 10.6 Å². The van der Waals surface area contributed by atoms with E-state index < -0.39 is 0 Å². The molecule has 14 heteroatoms. The van der Waals surface area contributed by atoms with Crippen LogP contribution < -0.4 is 21.3 Å². The highest BCUT2D eigenvalue weighted by Crippen LogP contribution is 2.29. The molecule has 0 aliphatic heterocycles. The van der Waals surface area contributed by atoms with Crippen LogP contribution in [-0.4, -0.2) is 115 Å². The van der Waals surface area contributed by atoms with Gasteiger partial charge in [-0.3, -0.25) is 19.7 Å². The smallest absolute Gasteiger partial charge is 0.252 e. The monoisotopic (exact) mass is 573 g/mol. The molecule has 2 rings (SSSR count). The minimum atomic E-state index is -0.314. The van der Waals surface area contributed by atoms with Crippen molar-refractivity contribution in [2.45, 2.75) is 38.6 Å². The Balaban J connectivity index is 1.42. The lowest BCUT2D eigenvalue weighted by molar-refractivity contribution is -0.127. The van der Waals surface area contributed by atoms with E-state index in [-0.39, 0.29) is 63.8 Å². The number of hydrogen-bond donors (Lipinski definition) is 4. The molecular formula is C25H43N5O8S. The van der Waals surface area contributed by atoms with E-state index >= 15 is 0 Å². The molecule has 39 heavy (non-hydrogen) atoms. The SMILES string of the molecule is CCCN[C@H]1CCc2nc(NC(=O)COCCNC(=O)COCCNC(=O)COCCOCCOC)sc2C1. The van der Waals surface area contributed by atoms with Gasteiger partial charge >= 0.3 is 0 Å². The lowest BCUT2D eigenvalue weighted by Crippen LogP contribution is -2.34. The molecule has 1 aliphatic rings. The Morgan fingerprint density at radius 3 is 2.13 bits per heavy atom. The maximum atomic E-state index is 12.2. The molecule has 0 spiro atoms. The van der Waals surface area contributed by atoms with E-state index in [1.807, 2.05) is 0 Å². The summed E-state index contributed by atoms with van der Waals surface area (Å²) in [5.74, 6) is -0.866. The van der Waals surface area contributed by atoms with Crippen LogP contribution in [0.4, 0.5) is 5.13 Å². The minimum absolute atomic E-state index is 0.0741. The van der Waals surface area contributed by atoms with Crippen molar-refractivity contribution in [1.82, 2.24) is 20.9 Å². The standard InChI is InChI=1S/C25H43N5O8S/c1-3-6-26-19-4-5-20-21(15-19)39-25(29-20)30-24(33)18-37-10-8-27-22(31)16-36-9-7-28-23(32)17-38-14-13-35-12-11-34-2/h19,26H,3-18H2,1-2H3,(H,27,31)(H,28,32)(H,29,30,33)/t19-/m0/s1. The Labute approximate surface area is 234 Å². The number of carbonyl (C=O) groups is 3. The number of hydrogen-bond acceptors (Lipinski definition) is 11. The Morgan fingerprint density at radius 2 is 1.46 bits per heavy atom. The molecular weight excluding hydrogens is 530 g/mol. The Hall–Kier alpha value is -2.20. The number of nitrogens with zero attached hydrogens (tertiary/aromatic N) is 1. The van der Waals surface area contributed by atoms with Crippen LogP contribution in [0.2, 0.25) is 0 Å². The van der Waals surface area contributed by atoms with Crippen LogP contribution in [0.3, 0.4) is 0 Å². The fraction of sp³-hybridized carbons (Fsp3) is 0.760. The van der Waals surface area contributed by atoms with E-state index in [0.29, 0.717) is 37.6 Å². The van der Waals surface area contributed by atoms with Gasteiger partial charge in [-0.25, -0.2) is 4.98 Å². The topological polar surface area (TPSA) is 158 Å². The number of nitrogens with one attached hydrogen (secondary N) is 4. The predicted molar refractivity (Wildman–Crippen MR) is 146 cm³/mol. The number of rotatable bonds is 22. The third-order valence-corrected chi connectivity index (χ3v) is 6.54. The Kier molecular flexibility index (Phi) is 17.5. The fourth-order valence-corrected chi connectivity index (χ4v) is 4.69. The summed E-state index contributed by atoms with van der Waals surface area (Å²) < 4.78 is 25.8. The summed E-state index contributed by atoms with van der Waals surface area (Å²) in [6, 6.07) is 0.471. The molecule has 0 saturated heterocycles. The first-order valence-electron chi connectivity index (χ1n) is 13.4. The van der Waals surface area contributed by atoms with Crippen LogP contribution in [0.15, 0.2) is 0 Å². The Bertz CT molecular complexity index is 856. The fourth-order valence-electron chi connectivity index (χ4n) is 3.59. The minimum Gasteiger partial charge on any atom is -0.382 e. The highest BCUT2D eigenvalue weighted by molar-refractivity contribution is 7.15. The molecule has 0 bridgehead atoms. The van der Waals surface area contributed by atoms with Gasteiger partial charge < -0.3 is 39.6 Å². The highest BCUT2D eigenvalue weighted by Gasteiger charge is 2.22. The van der Waals surface area contributed by atoms with Gasteiger partial charge in [-0.15, -0.1) is 11.3 Å². The second kappa shape index (κ2) is 20.7. The number of aryl methyl sites for hydroxylation is 1. The van der Waals surface area contributed by atoms with Gasteiger partial charge in [0.2, 0.25) is 11.8 Å². The Morgan fingerprint density at radius 1 is 0.846 bits per heavy atom. The quantitative estimate of drug-likeness (QED) is 0.138. The molecule has 0 saturated carbocycles. The van der Waals surface area contributed by atoms with Gasteiger partial charge in [0.15, 0.2) is 5.13 Å². The zero-order valence-corrected chi connectivity index (χ0v) is 23.8. The van der Waals surface area contributed by atoms with Crippen LogP contribution in [0.5, 0.6) is 0 Å². The van der Waals surface area contributed by atoms with Crippen LogP contribution in [0.1, 0.15) is 30.3 Å². The predicted octanol–water partition coefficient (Wildman–Crippen LogP) is -0.116. The van der Waals surface area contributed by atoms with Crippen LogP contribution >= 0.6 is 11.3 Å². The summed E-state index contributed by atoms with van der Waals surface area (Å²) in [6.07, 6.45) is 4.03. The van der Waals surface area contributed by atoms with Gasteiger partial charge in [0.1, 0.15) is 19.8 Å². The molecule has 1 heterocycles. The molecule has 1 aliphatic carbocycles. The molecule has 222 valence electrons. The molecule has 1 aromatic heterocycles. The van der Waals surface area contributed by atoms with Gasteiger partial charge in [-0.2, -0.15) is 0 Å². The molecule has 0 unspecified atom stereocenters. The van der Waals surface area contributed by atoms with Crippen molar-refractivity contribution in [1.29, 1.82) is 0 Å². The first-order valence-corrected chi connectivity index (χ1v) is 14.2. The largest absolute Gasteiger partial charge is 0.382 e. The van der Waals surface area contributed by atoms with Crippen LogP contribution in [0.25, 0.3) is 0 Å². The van der Waals surface area contributed by atoms with Gasteiger partial charge in [-0.1, -0.05) is 6.92 Å². The average molecular weight is 574 g/mol. The summed E-state index contributed by atoms with van der Waals surface area (Å²) in [7, 11) is 1.59. The lowest BCUT2D eigenvalue weighted by atomic mass is 9.98. The first-order chi connectivity index (χ1) is 19.0. The molecule has 0 aromatic carbocycles. The van der Waals surface area contributed by atoms with E-state index in [0.717, 1.165) is 37.9 Å². The number of amides is 3. The van der Waals surface area contributed by atoms with E-state index in [2.05, 4.69) is 33.2 Å². The molecule has 1 aromatic rings. The highest BCUT2D eigenvalue weighted by atomic mass is 32.1. The van der Waals surface area contributed by atoms with Gasteiger partial charge in [0.25, 0.3) is 5.91 Å². The summed E-state index contributed by atoms with van der Waals surface area (Å²) in [4.78, 5) is 41.4. The van der Waals surface area contributed by atoms with E-state index in [4.69, 9.17) is 23.7 Å². The van der Waals surface area contributed by atoms with Crippen LogP contribution in [-0.2, 0) is 50.9 Å². The molecule has 0 fully saturated rings. The van der Waals surface area contributed by atoms with Crippen molar-refractivity contribution >= 4 is 34.2 Å². The number of methoxy groups -OCH3 is 1. The summed E-state index contributed by atoms with van der Waals surface area (Å²) in [5.41, 5.74) is 1.07. The molecule has 13 nitrogen and oxygen atoms in total. The molecule has 0 radical (unpaired) electrons. The molecule has 1 atom stereocenters. The third-order valence-electron chi connectivity index (χ3n) is 5.51. The maximum Gasteiger partial charge on any atom is 0.252 e. The second-order valence-electron chi connectivity index (χ2n) is 8.79. The van der Waals surface area contributed by atoms with Crippen molar-refractivity contribution in [3.8, 4) is 0 Å². The maximum absolute atomic E-state index is 12.2. The normalized spacial score (nSPS) is 14.6. The zero-order chi connectivity index (χ0) is 28.1. The summed E-state index contributed by atoms with van der Waals surface area (Å²) >= 11 is 1.52. The third kappa shape index (κ3) is 15.2. The molecule has 3 amide bonds. The summed E-state index contributed by atoms with van der Waals surface area (Å²) in [5, 5.41) is 12.2. The molecule has 4 N–H and O–H groups in total. The number of thiazole rings is 1. The zero-order valence-electron chi connectivity index (χ0n) is 23.0. The van der Waals surface area contributed by atoms with Crippen LogP contribution in [0, 0.1) is 0 Å². The number of ether oxygens (including phenoxy) is 5. The number of anilines is 1. The van der Waals surface area contributed by atoms with Gasteiger partial charge in [0, 0.05) is 31.1 Å². The van der Waals surface area contributed by atoms with Crippen molar-refractivity contribution in [2.75, 3.05) is 91.5 Å². The number of carbonyl (C=O) groups excluding carboxylic acids is 3. The second-order valence-corrected chi connectivity index (χ2v) is 9.88. The number of aromatic nitrogens is 1. The van der Waals surface area contributed by atoms with Gasteiger partial charge in [-0.05, 0) is 32.2 Å². The van der Waals surface area contributed by atoms with E-state index in [1.54, 1.807) is 7.11 Å². The van der Waals surface area contributed by atoms with E-state index in [1.165, 1.54) is 16.2 Å². The van der Waals surface area contributed by atoms with E-state index in [9.17, 15) is 14.4 Å². The lowest BCUT2D eigenvalue weighted by Gasteiger charge is -2.21. The average Bonchev–Trinajstić information content (AvgIpc) is 3.32. The number of fused-ring (bicyclic) bond motifs is 1. The van der Waals surface area contributed by atoms with Gasteiger partial charge in [0.05, 0.1) is 45.3 Å². The summed E-state index contributed by atoms with van der Waals surface area (Å²) in [6.45, 7) is 5.40. The first kappa shape index (κ1) is 33.0.